The molecule has 0 aromatic heterocycles. The fourth-order valence-corrected chi connectivity index (χ4v) is 3.40. The first kappa shape index (κ1) is 17.4. The Labute approximate surface area is 123 Å². The second-order valence-corrected chi connectivity index (χ2v) is 7.31. The van der Waals surface area contributed by atoms with Crippen LogP contribution >= 0.6 is 0 Å². The van der Waals surface area contributed by atoms with Crippen LogP contribution in [0.4, 0.5) is 0 Å². The van der Waals surface area contributed by atoms with E-state index in [4.69, 9.17) is 5.73 Å². The van der Waals surface area contributed by atoms with E-state index in [0.29, 0.717) is 31.8 Å². The third-order valence-corrected chi connectivity index (χ3v) is 4.40. The van der Waals surface area contributed by atoms with Gasteiger partial charge in [0.05, 0.1) is 5.60 Å². The lowest BCUT2D eigenvalue weighted by atomic mass is 9.71. The zero-order chi connectivity index (χ0) is 15.2. The van der Waals surface area contributed by atoms with Crippen LogP contribution in [0, 0.1) is 11.3 Å². The summed E-state index contributed by atoms with van der Waals surface area (Å²) < 4.78 is 0. The molecule has 1 rings (SSSR count). The molecule has 0 heterocycles. The van der Waals surface area contributed by atoms with Crippen molar-refractivity contribution in [2.24, 2.45) is 17.1 Å². The van der Waals surface area contributed by atoms with E-state index >= 15 is 0 Å². The third-order valence-electron chi connectivity index (χ3n) is 4.40. The van der Waals surface area contributed by atoms with Crippen LogP contribution in [-0.2, 0) is 4.79 Å². The summed E-state index contributed by atoms with van der Waals surface area (Å²) in [6.07, 6.45) is 6.91. The average Bonchev–Trinajstić information content (AvgIpc) is 2.36. The molecule has 0 aromatic rings. The molecule has 1 unspecified atom stereocenters. The minimum atomic E-state index is -0.827. The van der Waals surface area contributed by atoms with E-state index in [1.54, 1.807) is 6.92 Å². The molecule has 20 heavy (non-hydrogen) atoms. The van der Waals surface area contributed by atoms with Crippen molar-refractivity contribution >= 4 is 5.91 Å². The summed E-state index contributed by atoms with van der Waals surface area (Å²) in [5, 5.41) is 13.1. The summed E-state index contributed by atoms with van der Waals surface area (Å²) >= 11 is 0. The Bertz CT molecular complexity index is 308. The maximum Gasteiger partial charge on any atom is 0.220 e. The number of nitrogens with one attached hydrogen (secondary N) is 1. The normalized spacial score (nSPS) is 21.5. The van der Waals surface area contributed by atoms with Crippen LogP contribution in [0.3, 0.4) is 0 Å². The van der Waals surface area contributed by atoms with Crippen molar-refractivity contribution in [1.29, 1.82) is 0 Å². The van der Waals surface area contributed by atoms with Gasteiger partial charge in [-0.1, -0.05) is 33.1 Å². The predicted molar refractivity (Wildman–Crippen MR) is 82.3 cm³/mol. The topological polar surface area (TPSA) is 75.3 Å². The van der Waals surface area contributed by atoms with Gasteiger partial charge in [-0.25, -0.2) is 0 Å². The quantitative estimate of drug-likeness (QED) is 0.671. The van der Waals surface area contributed by atoms with Crippen molar-refractivity contribution in [2.75, 3.05) is 13.1 Å². The number of hydrogen-bond acceptors (Lipinski definition) is 3. The highest BCUT2D eigenvalue weighted by Gasteiger charge is 2.33. The number of hydrogen-bond donors (Lipinski definition) is 3. The molecule has 0 spiro atoms. The molecule has 1 amide bonds. The monoisotopic (exact) mass is 284 g/mol. The first-order valence-electron chi connectivity index (χ1n) is 7.98. The Hall–Kier alpha value is -0.610. The molecular weight excluding hydrogens is 252 g/mol. The Morgan fingerprint density at radius 3 is 2.45 bits per heavy atom. The SMILES string of the molecule is CC(C)CC(C)(O)CNC(=O)CC1(CN)CCCCC1. The van der Waals surface area contributed by atoms with Crippen LogP contribution in [0.5, 0.6) is 0 Å². The lowest BCUT2D eigenvalue weighted by Crippen LogP contribution is -2.44. The van der Waals surface area contributed by atoms with Gasteiger partial charge in [-0.05, 0) is 44.1 Å². The molecule has 1 atom stereocenters. The number of aliphatic hydroxyl groups is 1. The van der Waals surface area contributed by atoms with Crippen LogP contribution < -0.4 is 11.1 Å². The second-order valence-electron chi connectivity index (χ2n) is 7.31. The molecule has 0 saturated heterocycles. The van der Waals surface area contributed by atoms with Gasteiger partial charge in [0.25, 0.3) is 0 Å². The van der Waals surface area contributed by atoms with Crippen molar-refractivity contribution in [3.8, 4) is 0 Å². The lowest BCUT2D eigenvalue weighted by molar-refractivity contribution is -0.125. The lowest BCUT2D eigenvalue weighted by Gasteiger charge is -2.36. The predicted octanol–water partition coefficient (Wildman–Crippen LogP) is 2.20. The van der Waals surface area contributed by atoms with E-state index < -0.39 is 5.60 Å². The Morgan fingerprint density at radius 2 is 1.95 bits per heavy atom. The molecule has 1 saturated carbocycles. The van der Waals surface area contributed by atoms with Crippen molar-refractivity contribution < 1.29 is 9.90 Å². The number of amides is 1. The van der Waals surface area contributed by atoms with Gasteiger partial charge in [0, 0.05) is 13.0 Å². The zero-order valence-electron chi connectivity index (χ0n) is 13.4. The fraction of sp³-hybridized carbons (Fsp3) is 0.938. The minimum absolute atomic E-state index is 0.00770. The third kappa shape index (κ3) is 5.80. The van der Waals surface area contributed by atoms with Crippen LogP contribution in [0.15, 0.2) is 0 Å². The van der Waals surface area contributed by atoms with E-state index in [-0.39, 0.29) is 11.3 Å². The van der Waals surface area contributed by atoms with Gasteiger partial charge in [0.1, 0.15) is 0 Å². The summed E-state index contributed by atoms with van der Waals surface area (Å²) in [7, 11) is 0. The maximum absolute atomic E-state index is 12.1. The van der Waals surface area contributed by atoms with Gasteiger partial charge in [0.15, 0.2) is 0 Å². The molecule has 4 heteroatoms. The highest BCUT2D eigenvalue weighted by Crippen LogP contribution is 2.38. The van der Waals surface area contributed by atoms with E-state index in [1.165, 1.54) is 19.3 Å². The smallest absolute Gasteiger partial charge is 0.220 e. The summed E-state index contributed by atoms with van der Waals surface area (Å²) in [5.74, 6) is 0.442. The van der Waals surface area contributed by atoms with Gasteiger partial charge in [0.2, 0.25) is 5.91 Å². The summed E-state index contributed by atoms with van der Waals surface area (Å²) in [6.45, 7) is 6.84. The van der Waals surface area contributed by atoms with Gasteiger partial charge >= 0.3 is 0 Å². The van der Waals surface area contributed by atoms with Gasteiger partial charge in [-0.15, -0.1) is 0 Å². The fourth-order valence-electron chi connectivity index (χ4n) is 3.40. The summed E-state index contributed by atoms with van der Waals surface area (Å²) in [4.78, 5) is 12.1. The molecule has 1 aliphatic carbocycles. The highest BCUT2D eigenvalue weighted by atomic mass is 16.3. The largest absolute Gasteiger partial charge is 0.388 e. The summed E-state index contributed by atoms with van der Waals surface area (Å²) in [6, 6.07) is 0. The van der Waals surface area contributed by atoms with Crippen LogP contribution in [0.25, 0.3) is 0 Å². The number of carbonyl (C=O) groups is 1. The first-order chi connectivity index (χ1) is 9.29. The van der Waals surface area contributed by atoms with Crippen molar-refractivity contribution in [3.05, 3.63) is 0 Å². The molecule has 0 radical (unpaired) electrons. The molecule has 118 valence electrons. The Balaban J connectivity index is 2.42. The molecule has 4 nitrogen and oxygen atoms in total. The Kier molecular flexibility index (Phi) is 6.46. The van der Waals surface area contributed by atoms with E-state index in [9.17, 15) is 9.90 Å². The van der Waals surface area contributed by atoms with E-state index in [1.807, 2.05) is 0 Å². The average molecular weight is 284 g/mol. The minimum Gasteiger partial charge on any atom is -0.388 e. The standard InChI is InChI=1S/C16H32N2O2/c1-13(2)9-15(3,20)12-18-14(19)10-16(11-17)7-5-4-6-8-16/h13,20H,4-12,17H2,1-3H3,(H,18,19). The molecule has 1 aliphatic rings. The number of nitrogens with two attached hydrogens (primary N) is 1. The van der Waals surface area contributed by atoms with E-state index in [0.717, 1.165) is 12.8 Å². The van der Waals surface area contributed by atoms with Crippen LogP contribution in [-0.4, -0.2) is 29.7 Å². The van der Waals surface area contributed by atoms with Crippen LogP contribution in [0.1, 0.15) is 65.7 Å². The van der Waals surface area contributed by atoms with Gasteiger partial charge in [-0.3, -0.25) is 4.79 Å². The number of carbonyl (C=O) groups excluding carboxylic acids is 1. The molecular formula is C16H32N2O2. The molecule has 0 aliphatic heterocycles. The highest BCUT2D eigenvalue weighted by molar-refractivity contribution is 5.76. The zero-order valence-corrected chi connectivity index (χ0v) is 13.4. The first-order valence-corrected chi connectivity index (χ1v) is 7.98. The number of rotatable bonds is 7. The Morgan fingerprint density at radius 1 is 1.35 bits per heavy atom. The van der Waals surface area contributed by atoms with Crippen molar-refractivity contribution in [2.45, 2.75) is 71.3 Å². The molecule has 0 aromatic carbocycles. The van der Waals surface area contributed by atoms with Crippen LogP contribution in [0.2, 0.25) is 0 Å². The summed E-state index contributed by atoms with van der Waals surface area (Å²) in [5.41, 5.74) is 5.07. The van der Waals surface area contributed by atoms with E-state index in [2.05, 4.69) is 19.2 Å². The van der Waals surface area contributed by atoms with Crippen molar-refractivity contribution in [1.82, 2.24) is 5.32 Å². The molecule has 0 bridgehead atoms. The molecule has 1 fully saturated rings. The van der Waals surface area contributed by atoms with Crippen molar-refractivity contribution in [3.63, 3.8) is 0 Å². The maximum atomic E-state index is 12.1. The second kappa shape index (κ2) is 7.41. The van der Waals surface area contributed by atoms with Gasteiger partial charge < -0.3 is 16.2 Å². The van der Waals surface area contributed by atoms with Gasteiger partial charge in [-0.2, -0.15) is 0 Å². The molecule has 4 N–H and O–H groups in total.